The van der Waals surface area contributed by atoms with Crippen LogP contribution in [-0.2, 0) is 57.7 Å². The van der Waals surface area contributed by atoms with Gasteiger partial charge in [-0.15, -0.1) is 0 Å². The zero-order valence-electron chi connectivity index (χ0n) is 36.4. The largest absolute Gasteiger partial charge is 0.508 e. The summed E-state index contributed by atoms with van der Waals surface area (Å²) in [6, 6.07) is 17.6. The van der Waals surface area contributed by atoms with Gasteiger partial charge in [0.05, 0.1) is 0 Å². The number of phenols is 1. The maximum absolute atomic E-state index is 14.4. The number of carbonyl (C=O) groups is 7. The van der Waals surface area contributed by atoms with E-state index in [1.807, 2.05) is 32.0 Å². The summed E-state index contributed by atoms with van der Waals surface area (Å²) in [5, 5.41) is 32.6. The lowest BCUT2D eigenvalue weighted by molar-refractivity contribution is -0.150. The normalized spacial score (nSPS) is 13.7. The molecule has 5 amide bonds. The van der Waals surface area contributed by atoms with Crippen molar-refractivity contribution < 1.29 is 53.2 Å². The number of amides is 5. The number of rotatable bonds is 22. The van der Waals surface area contributed by atoms with Gasteiger partial charge in [-0.2, -0.15) is 0 Å². The van der Waals surface area contributed by atoms with E-state index in [1.54, 1.807) is 89.2 Å². The number of benzene rings is 3. The maximum atomic E-state index is 14.4. The molecule has 0 aliphatic rings. The topological polar surface area (TPSA) is 239 Å². The Labute approximate surface area is 362 Å². The van der Waals surface area contributed by atoms with Crippen LogP contribution in [0.3, 0.4) is 0 Å². The molecule has 62 heavy (non-hydrogen) atoms. The van der Waals surface area contributed by atoms with Crippen LogP contribution in [0.25, 0.3) is 0 Å². The van der Waals surface area contributed by atoms with Gasteiger partial charge < -0.3 is 46.3 Å². The van der Waals surface area contributed by atoms with E-state index in [0.29, 0.717) is 11.1 Å². The Morgan fingerprint density at radius 1 is 0.597 bits per heavy atom. The molecule has 3 aromatic carbocycles. The molecule has 0 heterocycles. The minimum atomic E-state index is -1.38. The summed E-state index contributed by atoms with van der Waals surface area (Å²) in [6.45, 7) is 12.0. The molecule has 0 unspecified atom stereocenters. The van der Waals surface area contributed by atoms with Crippen molar-refractivity contribution in [2.45, 2.75) is 123 Å². The van der Waals surface area contributed by atoms with Gasteiger partial charge in [0, 0.05) is 19.3 Å². The predicted octanol–water partition coefficient (Wildman–Crippen LogP) is 4.32. The molecule has 0 saturated carbocycles. The van der Waals surface area contributed by atoms with Crippen LogP contribution in [0.5, 0.6) is 5.75 Å². The van der Waals surface area contributed by atoms with Crippen LogP contribution in [0.1, 0.15) is 84.4 Å². The molecule has 3 aromatic rings. The number of carboxylic acid groups (broad SMARTS) is 1. The standard InChI is InChI=1S/C46H61N5O11/c1-28(2)24-35(47-40(55)34(22-23-38(53)54)50-45(60)62-46(5,6)7)41(56)48-36(25-30-14-10-8-11-15-30)42(57)49-37(26-31-18-20-33(52)21-19-31)43(58)51-39(29(3)4)44(59)61-27-32-16-12-9-13-17-32/h8-21,28-29,34-37,39,52H,22-27H2,1-7H3,(H,47,55)(H,48,56)(H,49,57)(H,50,60)(H,51,58)(H,53,54)/t34-,35-,36-,37-,39-/m0/s1. The van der Waals surface area contributed by atoms with Gasteiger partial charge >= 0.3 is 18.0 Å². The van der Waals surface area contributed by atoms with Crippen molar-refractivity contribution >= 4 is 41.7 Å². The average molecular weight is 860 g/mol. The van der Waals surface area contributed by atoms with Gasteiger partial charge in [-0.25, -0.2) is 9.59 Å². The van der Waals surface area contributed by atoms with Crippen LogP contribution in [0, 0.1) is 11.8 Å². The highest BCUT2D eigenvalue weighted by atomic mass is 16.6. The summed E-state index contributed by atoms with van der Waals surface area (Å²) < 4.78 is 10.8. The average Bonchev–Trinajstić information content (AvgIpc) is 3.20. The molecule has 336 valence electrons. The van der Waals surface area contributed by atoms with Crippen molar-refractivity contribution in [3.63, 3.8) is 0 Å². The van der Waals surface area contributed by atoms with Crippen molar-refractivity contribution in [2.24, 2.45) is 11.8 Å². The van der Waals surface area contributed by atoms with Gasteiger partial charge in [0.15, 0.2) is 0 Å². The Kier molecular flexibility index (Phi) is 19.4. The lowest BCUT2D eigenvalue weighted by Gasteiger charge is -2.28. The van der Waals surface area contributed by atoms with E-state index in [2.05, 4.69) is 26.6 Å². The Hall–Kier alpha value is -6.45. The second kappa shape index (κ2) is 24.1. The molecule has 0 fully saturated rings. The molecular formula is C46H61N5O11. The van der Waals surface area contributed by atoms with E-state index in [-0.39, 0.29) is 44.0 Å². The second-order valence-corrected chi connectivity index (χ2v) is 16.8. The molecule has 0 spiro atoms. The number of hydrogen-bond acceptors (Lipinski definition) is 10. The SMILES string of the molecule is CC(C)C[C@H](NC(=O)[C@H](CCC(=O)O)NC(=O)OC(C)(C)C)C(=O)N[C@@H](Cc1ccccc1)C(=O)N[C@@H](Cc1ccc(O)cc1)C(=O)N[C@H](C(=O)OCc1ccccc1)C(C)C. The lowest BCUT2D eigenvalue weighted by atomic mass is 9.99. The number of aliphatic carboxylic acids is 1. The molecular weight excluding hydrogens is 799 g/mol. The monoisotopic (exact) mass is 859 g/mol. The van der Waals surface area contributed by atoms with Gasteiger partial charge in [-0.05, 0) is 74.3 Å². The summed E-state index contributed by atoms with van der Waals surface area (Å²) >= 11 is 0. The van der Waals surface area contributed by atoms with Crippen molar-refractivity contribution in [1.29, 1.82) is 0 Å². The molecule has 3 rings (SSSR count). The van der Waals surface area contributed by atoms with Gasteiger partial charge in [-0.3, -0.25) is 24.0 Å². The minimum Gasteiger partial charge on any atom is -0.508 e. The fraction of sp³-hybridized carbons (Fsp3) is 0.457. The molecule has 7 N–H and O–H groups in total. The van der Waals surface area contributed by atoms with Crippen LogP contribution in [-0.4, -0.2) is 87.7 Å². The van der Waals surface area contributed by atoms with Gasteiger partial charge in [0.25, 0.3) is 0 Å². The highest BCUT2D eigenvalue weighted by Gasteiger charge is 2.34. The smallest absolute Gasteiger partial charge is 0.408 e. The Morgan fingerprint density at radius 3 is 1.56 bits per heavy atom. The Balaban J connectivity index is 1.92. The zero-order valence-corrected chi connectivity index (χ0v) is 36.4. The third-order valence-electron chi connectivity index (χ3n) is 9.36. The molecule has 0 bridgehead atoms. The van der Waals surface area contributed by atoms with Crippen LogP contribution in [0.4, 0.5) is 4.79 Å². The van der Waals surface area contributed by atoms with Gasteiger partial charge in [0.1, 0.15) is 48.2 Å². The Bertz CT molecular complexity index is 1950. The predicted molar refractivity (Wildman–Crippen MR) is 230 cm³/mol. The number of carbonyl (C=O) groups excluding carboxylic acids is 6. The molecule has 0 radical (unpaired) electrons. The highest BCUT2D eigenvalue weighted by Crippen LogP contribution is 2.15. The van der Waals surface area contributed by atoms with Crippen molar-refractivity contribution in [3.8, 4) is 5.75 Å². The molecule has 0 saturated heterocycles. The number of carboxylic acids is 1. The van der Waals surface area contributed by atoms with Crippen LogP contribution in [0.2, 0.25) is 0 Å². The number of phenolic OH excluding ortho intramolecular Hbond substituents is 1. The quantitative estimate of drug-likeness (QED) is 0.0703. The molecule has 16 nitrogen and oxygen atoms in total. The van der Waals surface area contributed by atoms with Gasteiger partial charge in [0.2, 0.25) is 23.6 Å². The van der Waals surface area contributed by atoms with E-state index in [1.165, 1.54) is 12.1 Å². The van der Waals surface area contributed by atoms with Crippen molar-refractivity contribution in [1.82, 2.24) is 26.6 Å². The molecule has 16 heteroatoms. The number of esters is 1. The summed E-state index contributed by atoms with van der Waals surface area (Å²) in [4.78, 5) is 93.7. The number of ether oxygens (including phenoxy) is 2. The first-order valence-corrected chi connectivity index (χ1v) is 20.7. The summed E-state index contributed by atoms with van der Waals surface area (Å²) in [5.41, 5.74) is 1.06. The lowest BCUT2D eigenvalue weighted by Crippen LogP contribution is -2.60. The van der Waals surface area contributed by atoms with Crippen LogP contribution in [0.15, 0.2) is 84.9 Å². The number of aromatic hydroxyl groups is 1. The highest BCUT2D eigenvalue weighted by molar-refractivity contribution is 5.96. The zero-order chi connectivity index (χ0) is 46.0. The van der Waals surface area contributed by atoms with E-state index >= 15 is 0 Å². The van der Waals surface area contributed by atoms with Crippen molar-refractivity contribution in [3.05, 3.63) is 102 Å². The first kappa shape index (κ1) is 49.9. The fourth-order valence-corrected chi connectivity index (χ4v) is 6.21. The summed E-state index contributed by atoms with van der Waals surface area (Å²) in [5.74, 6) is -5.51. The third-order valence-corrected chi connectivity index (χ3v) is 9.36. The van der Waals surface area contributed by atoms with E-state index < -0.39 is 89.8 Å². The minimum absolute atomic E-state index is 0.0117. The summed E-state index contributed by atoms with van der Waals surface area (Å²) in [6.07, 6.45) is -1.74. The second-order valence-electron chi connectivity index (χ2n) is 16.8. The maximum Gasteiger partial charge on any atom is 0.408 e. The number of alkyl carbamates (subject to hydrolysis) is 1. The third kappa shape index (κ3) is 18.0. The number of hydrogen-bond donors (Lipinski definition) is 7. The molecule has 0 aliphatic heterocycles. The fourth-order valence-electron chi connectivity index (χ4n) is 6.21. The first-order chi connectivity index (χ1) is 29.2. The molecule has 5 atom stereocenters. The Morgan fingerprint density at radius 2 is 1.06 bits per heavy atom. The van der Waals surface area contributed by atoms with E-state index in [0.717, 1.165) is 5.56 Å². The first-order valence-electron chi connectivity index (χ1n) is 20.7. The number of nitrogens with one attached hydrogen (secondary N) is 5. The molecule has 0 aromatic heterocycles. The van der Waals surface area contributed by atoms with E-state index in [4.69, 9.17) is 9.47 Å². The van der Waals surface area contributed by atoms with Crippen LogP contribution < -0.4 is 26.6 Å². The van der Waals surface area contributed by atoms with Crippen molar-refractivity contribution in [2.75, 3.05) is 0 Å². The van der Waals surface area contributed by atoms with Gasteiger partial charge in [-0.1, -0.05) is 100 Å². The molecule has 0 aliphatic carbocycles. The van der Waals surface area contributed by atoms with E-state index in [9.17, 15) is 43.8 Å². The van der Waals surface area contributed by atoms with Crippen LogP contribution >= 0.6 is 0 Å². The summed E-state index contributed by atoms with van der Waals surface area (Å²) in [7, 11) is 0.